The Labute approximate surface area is 163 Å². The lowest BCUT2D eigenvalue weighted by atomic mass is 10.2. The molecule has 0 saturated carbocycles. The highest BCUT2D eigenvalue weighted by atomic mass is 16.5. The predicted molar refractivity (Wildman–Crippen MR) is 107 cm³/mol. The van der Waals surface area contributed by atoms with E-state index in [0.717, 1.165) is 17.1 Å². The van der Waals surface area contributed by atoms with E-state index in [-0.39, 0.29) is 5.91 Å². The van der Waals surface area contributed by atoms with Crippen LogP contribution in [0.1, 0.15) is 15.9 Å². The van der Waals surface area contributed by atoms with Gasteiger partial charge >= 0.3 is 0 Å². The number of hydrogen-bond acceptors (Lipinski definition) is 6. The zero-order valence-electron chi connectivity index (χ0n) is 15.6. The van der Waals surface area contributed by atoms with Crippen LogP contribution in [0.4, 0.5) is 5.82 Å². The van der Waals surface area contributed by atoms with Crippen LogP contribution < -0.4 is 20.1 Å². The van der Waals surface area contributed by atoms with Crippen molar-refractivity contribution in [2.24, 2.45) is 0 Å². The number of ether oxygens (including phenoxy) is 2. The summed E-state index contributed by atoms with van der Waals surface area (Å²) in [5.41, 5.74) is 1.62. The van der Waals surface area contributed by atoms with E-state index >= 15 is 0 Å². The number of aromatic nitrogens is 2. The molecule has 0 bridgehead atoms. The largest absolute Gasteiger partial charge is 0.497 e. The molecule has 2 N–H and O–H groups in total. The molecular weight excluding hydrogens is 356 g/mol. The van der Waals surface area contributed by atoms with Gasteiger partial charge in [0, 0.05) is 30.7 Å². The molecule has 0 aliphatic rings. The van der Waals surface area contributed by atoms with Crippen molar-refractivity contribution in [3.8, 4) is 11.5 Å². The topological polar surface area (TPSA) is 85.4 Å². The molecule has 144 valence electrons. The first-order valence-corrected chi connectivity index (χ1v) is 8.88. The van der Waals surface area contributed by atoms with Crippen LogP contribution in [0.3, 0.4) is 0 Å². The molecule has 7 nitrogen and oxygen atoms in total. The summed E-state index contributed by atoms with van der Waals surface area (Å²) in [6.07, 6.45) is 5.09. The van der Waals surface area contributed by atoms with E-state index in [1.165, 1.54) is 0 Å². The van der Waals surface area contributed by atoms with Crippen LogP contribution in [-0.2, 0) is 6.54 Å². The molecule has 2 heterocycles. The van der Waals surface area contributed by atoms with Crippen LogP contribution >= 0.6 is 0 Å². The third-order valence-corrected chi connectivity index (χ3v) is 3.96. The fourth-order valence-electron chi connectivity index (χ4n) is 2.47. The van der Waals surface area contributed by atoms with Gasteiger partial charge in [-0.15, -0.1) is 0 Å². The normalized spacial score (nSPS) is 10.2. The Bertz CT molecular complexity index is 886. The number of benzene rings is 1. The molecule has 0 saturated heterocycles. The van der Waals surface area contributed by atoms with Crippen molar-refractivity contribution < 1.29 is 14.3 Å². The summed E-state index contributed by atoms with van der Waals surface area (Å²) in [6, 6.07) is 14.5. The summed E-state index contributed by atoms with van der Waals surface area (Å²) >= 11 is 0. The monoisotopic (exact) mass is 378 g/mol. The summed E-state index contributed by atoms with van der Waals surface area (Å²) in [4.78, 5) is 20.6. The second kappa shape index (κ2) is 9.91. The van der Waals surface area contributed by atoms with E-state index in [1.807, 2.05) is 36.4 Å². The minimum Gasteiger partial charge on any atom is -0.497 e. The number of anilines is 1. The van der Waals surface area contributed by atoms with Gasteiger partial charge < -0.3 is 20.1 Å². The molecule has 0 aliphatic heterocycles. The molecule has 3 aromatic rings. The van der Waals surface area contributed by atoms with Gasteiger partial charge in [0.1, 0.15) is 23.9 Å². The SMILES string of the molecule is COc1ccc(OCCNC(=O)c2ccnc(NCc3ccncc3)c2)cc1. The van der Waals surface area contributed by atoms with Gasteiger partial charge in [0.2, 0.25) is 0 Å². The van der Waals surface area contributed by atoms with Crippen molar-refractivity contribution >= 4 is 11.7 Å². The molecule has 0 atom stereocenters. The van der Waals surface area contributed by atoms with Gasteiger partial charge in [-0.25, -0.2) is 4.98 Å². The van der Waals surface area contributed by atoms with E-state index in [1.54, 1.807) is 37.8 Å². The lowest BCUT2D eigenvalue weighted by Gasteiger charge is -2.10. The van der Waals surface area contributed by atoms with E-state index in [2.05, 4.69) is 20.6 Å². The number of carbonyl (C=O) groups excluding carboxylic acids is 1. The van der Waals surface area contributed by atoms with Crippen LogP contribution in [0.25, 0.3) is 0 Å². The lowest BCUT2D eigenvalue weighted by Crippen LogP contribution is -2.28. The Morgan fingerprint density at radius 1 is 1.00 bits per heavy atom. The molecule has 0 radical (unpaired) electrons. The quantitative estimate of drug-likeness (QED) is 0.557. The van der Waals surface area contributed by atoms with Gasteiger partial charge in [0.05, 0.1) is 13.7 Å². The Balaban J connectivity index is 1.44. The van der Waals surface area contributed by atoms with Crippen LogP contribution in [0.5, 0.6) is 11.5 Å². The Morgan fingerprint density at radius 2 is 1.75 bits per heavy atom. The standard InChI is InChI=1S/C21H22N4O3/c1-27-18-2-4-19(5-3-18)28-13-12-24-21(26)17-8-11-23-20(14-17)25-15-16-6-9-22-10-7-16/h2-11,14H,12-13,15H2,1H3,(H,23,25)(H,24,26). The number of rotatable bonds is 9. The number of nitrogens with one attached hydrogen (secondary N) is 2. The van der Waals surface area contributed by atoms with Crippen molar-refractivity contribution in [2.75, 3.05) is 25.6 Å². The van der Waals surface area contributed by atoms with E-state index in [9.17, 15) is 4.79 Å². The van der Waals surface area contributed by atoms with Gasteiger partial charge in [-0.3, -0.25) is 9.78 Å². The van der Waals surface area contributed by atoms with Gasteiger partial charge in [-0.1, -0.05) is 0 Å². The summed E-state index contributed by atoms with van der Waals surface area (Å²) in [5, 5.41) is 6.04. The number of nitrogens with zero attached hydrogens (tertiary/aromatic N) is 2. The highest BCUT2D eigenvalue weighted by molar-refractivity contribution is 5.94. The molecule has 28 heavy (non-hydrogen) atoms. The minimum absolute atomic E-state index is 0.173. The first-order chi connectivity index (χ1) is 13.7. The summed E-state index contributed by atoms with van der Waals surface area (Å²) < 4.78 is 10.7. The highest BCUT2D eigenvalue weighted by Gasteiger charge is 2.07. The fourth-order valence-corrected chi connectivity index (χ4v) is 2.47. The molecular formula is C21H22N4O3. The smallest absolute Gasteiger partial charge is 0.251 e. The van der Waals surface area contributed by atoms with E-state index in [4.69, 9.17) is 9.47 Å². The average Bonchev–Trinajstić information content (AvgIpc) is 2.76. The number of carbonyl (C=O) groups is 1. The molecule has 0 spiro atoms. The van der Waals surface area contributed by atoms with Crippen molar-refractivity contribution in [3.05, 3.63) is 78.2 Å². The molecule has 1 aromatic carbocycles. The maximum atomic E-state index is 12.3. The first-order valence-electron chi connectivity index (χ1n) is 8.88. The lowest BCUT2D eigenvalue weighted by molar-refractivity contribution is 0.0947. The van der Waals surface area contributed by atoms with Crippen LogP contribution in [-0.4, -0.2) is 36.1 Å². The number of pyridine rings is 2. The average molecular weight is 378 g/mol. The van der Waals surface area contributed by atoms with Gasteiger partial charge in [-0.2, -0.15) is 0 Å². The second-order valence-electron chi connectivity index (χ2n) is 5.92. The molecule has 0 aliphatic carbocycles. The number of methoxy groups -OCH3 is 1. The summed E-state index contributed by atoms with van der Waals surface area (Å²) in [7, 11) is 1.62. The van der Waals surface area contributed by atoms with Crippen molar-refractivity contribution in [1.29, 1.82) is 0 Å². The second-order valence-corrected chi connectivity index (χ2v) is 5.92. The number of amides is 1. The van der Waals surface area contributed by atoms with Crippen molar-refractivity contribution in [1.82, 2.24) is 15.3 Å². The van der Waals surface area contributed by atoms with E-state index < -0.39 is 0 Å². The Hall–Kier alpha value is -3.61. The predicted octanol–water partition coefficient (Wildman–Crippen LogP) is 2.91. The van der Waals surface area contributed by atoms with Gasteiger partial charge in [0.25, 0.3) is 5.91 Å². The van der Waals surface area contributed by atoms with Gasteiger partial charge in [0.15, 0.2) is 0 Å². The van der Waals surface area contributed by atoms with Crippen LogP contribution in [0.2, 0.25) is 0 Å². The zero-order valence-corrected chi connectivity index (χ0v) is 15.6. The fraction of sp³-hybridized carbons (Fsp3) is 0.190. The molecule has 2 aromatic heterocycles. The maximum absolute atomic E-state index is 12.3. The molecule has 0 fully saturated rings. The molecule has 7 heteroatoms. The van der Waals surface area contributed by atoms with Crippen LogP contribution in [0.15, 0.2) is 67.1 Å². The highest BCUT2D eigenvalue weighted by Crippen LogP contribution is 2.16. The maximum Gasteiger partial charge on any atom is 0.251 e. The van der Waals surface area contributed by atoms with Gasteiger partial charge in [-0.05, 0) is 54.1 Å². The number of hydrogen-bond donors (Lipinski definition) is 2. The Kier molecular flexibility index (Phi) is 6.78. The summed E-state index contributed by atoms with van der Waals surface area (Å²) in [6.45, 7) is 1.37. The third kappa shape index (κ3) is 5.70. The summed E-state index contributed by atoms with van der Waals surface area (Å²) in [5.74, 6) is 1.96. The Morgan fingerprint density at radius 3 is 2.50 bits per heavy atom. The van der Waals surface area contributed by atoms with Crippen molar-refractivity contribution in [3.63, 3.8) is 0 Å². The first kappa shape index (κ1) is 19.2. The van der Waals surface area contributed by atoms with Crippen LogP contribution in [0, 0.1) is 0 Å². The third-order valence-electron chi connectivity index (χ3n) is 3.96. The minimum atomic E-state index is -0.173. The molecule has 1 amide bonds. The van der Waals surface area contributed by atoms with E-state index in [0.29, 0.717) is 31.1 Å². The molecule has 0 unspecified atom stereocenters. The zero-order chi connectivity index (χ0) is 19.6. The molecule has 3 rings (SSSR count). The van der Waals surface area contributed by atoms with Crippen molar-refractivity contribution in [2.45, 2.75) is 6.54 Å².